The van der Waals surface area contributed by atoms with E-state index in [2.05, 4.69) is 156 Å². The molecule has 0 spiro atoms. The maximum absolute atomic E-state index is 14.4. The monoisotopic (exact) mass is 989 g/mol. The highest BCUT2D eigenvalue weighted by Gasteiger charge is 2.55. The van der Waals surface area contributed by atoms with Crippen LogP contribution in [-0.4, -0.2) is 36.8 Å². The molecule has 0 saturated heterocycles. The molecular formula is C69H68N2O4. The first-order valence-electron chi connectivity index (χ1n) is 26.3. The fraction of sp³-hybridized carbons (Fsp3) is 0.188. The van der Waals surface area contributed by atoms with E-state index in [1.807, 2.05) is 112 Å². The minimum Gasteiger partial charge on any atom is -0.504 e. The predicted octanol–water partition coefficient (Wildman–Crippen LogP) is 17.6. The molecule has 1 heterocycles. The van der Waals surface area contributed by atoms with E-state index in [9.17, 15) is 20.4 Å². The Labute approximate surface area is 442 Å². The molecule has 378 valence electrons. The quantitative estimate of drug-likeness (QED) is 0.0525. The molecule has 0 amide bonds. The number of aliphatic hydroxyl groups excluding tert-OH is 3. The fourth-order valence-corrected chi connectivity index (χ4v) is 12.3. The molecule has 0 bridgehead atoms. The van der Waals surface area contributed by atoms with Crippen molar-refractivity contribution in [2.24, 2.45) is 5.41 Å². The molecule has 1 aromatic heterocycles. The van der Waals surface area contributed by atoms with Gasteiger partial charge < -0.3 is 29.9 Å². The Hall–Kier alpha value is -8.16. The van der Waals surface area contributed by atoms with Gasteiger partial charge in [0.15, 0.2) is 11.5 Å². The molecule has 0 saturated carbocycles. The molecule has 8 aromatic rings. The lowest BCUT2D eigenvalue weighted by atomic mass is 9.50. The van der Waals surface area contributed by atoms with Gasteiger partial charge in [-0.2, -0.15) is 0 Å². The molecule has 0 fully saturated rings. The summed E-state index contributed by atoms with van der Waals surface area (Å²) in [5.41, 5.74) is 4.73. The number of fused-ring (bicyclic) bond motifs is 6. The van der Waals surface area contributed by atoms with Crippen LogP contribution in [0.3, 0.4) is 0 Å². The maximum Gasteiger partial charge on any atom is 0.218 e. The molecule has 10 rings (SSSR count). The molecule has 2 aliphatic carbocycles. The number of allylic oxidation sites excluding steroid dienone is 13. The van der Waals surface area contributed by atoms with E-state index < -0.39 is 34.2 Å². The summed E-state index contributed by atoms with van der Waals surface area (Å²) in [7, 11) is 0. The van der Waals surface area contributed by atoms with Gasteiger partial charge in [-0.1, -0.05) is 215 Å². The van der Waals surface area contributed by atoms with E-state index in [0.29, 0.717) is 22.4 Å². The Morgan fingerprint density at radius 3 is 1.99 bits per heavy atom. The Morgan fingerprint density at radius 1 is 0.747 bits per heavy atom. The lowest BCUT2D eigenvalue weighted by Gasteiger charge is -2.52. The second kappa shape index (κ2) is 21.4. The second-order valence-electron chi connectivity index (χ2n) is 19.4. The van der Waals surface area contributed by atoms with Crippen LogP contribution in [0.1, 0.15) is 66.9 Å². The van der Waals surface area contributed by atoms with Crippen molar-refractivity contribution in [3.05, 3.63) is 259 Å². The van der Waals surface area contributed by atoms with Gasteiger partial charge in [0.1, 0.15) is 11.8 Å². The first-order chi connectivity index (χ1) is 36.5. The van der Waals surface area contributed by atoms with Crippen LogP contribution in [0.2, 0.25) is 0 Å². The normalized spacial score (nSPS) is 20.1. The number of hydrogen-bond acceptors (Lipinski definition) is 5. The summed E-state index contributed by atoms with van der Waals surface area (Å²) in [6, 6.07) is 50.9. The molecule has 4 atom stereocenters. The summed E-state index contributed by atoms with van der Waals surface area (Å²) in [5, 5.41) is 57.7. The molecule has 7 aromatic carbocycles. The van der Waals surface area contributed by atoms with Crippen molar-refractivity contribution < 1.29 is 20.4 Å². The standard InChI is InChI=1S/C67H62N2O4.C2H6/c1-7-11-28-48(9-3)66(58(10-4)45(5)25-8-2,65(6)39-21-12-22-40-65)49-29-24-31-51(43-49)69(50-30-23-27-46(41-50)57-42-47-26-13-14-32-52(47)53-33-15-16-34-54(53)57)67(73)62(71)44-61(70)63(72)64(67)68-59-37-19-17-35-55(59)56-36-18-20-38-60(56)68;1-2/h7-9,11-39,41-44,62,70-73H,1,10,40H2,2-6H3;1-2H3/b25-8-,28-11-,48-9+,58-45+;/t62-,65-,66?,67?;/m1./s1. The van der Waals surface area contributed by atoms with Crippen molar-refractivity contribution >= 4 is 60.4 Å². The summed E-state index contributed by atoms with van der Waals surface area (Å²) in [4.78, 5) is 1.75. The number of hydrogen-bond donors (Lipinski definition) is 4. The zero-order chi connectivity index (χ0) is 53.1. The van der Waals surface area contributed by atoms with Crippen LogP contribution in [0.5, 0.6) is 0 Å². The third-order valence-corrected chi connectivity index (χ3v) is 15.4. The van der Waals surface area contributed by atoms with Crippen LogP contribution in [0.15, 0.2) is 253 Å². The van der Waals surface area contributed by atoms with Gasteiger partial charge in [0, 0.05) is 27.6 Å². The van der Waals surface area contributed by atoms with E-state index >= 15 is 0 Å². The number of benzene rings is 7. The summed E-state index contributed by atoms with van der Waals surface area (Å²) < 4.78 is 1.78. The zero-order valence-electron chi connectivity index (χ0n) is 44.2. The van der Waals surface area contributed by atoms with Crippen LogP contribution >= 0.6 is 0 Å². The number of rotatable bonds is 13. The first-order valence-corrected chi connectivity index (χ1v) is 26.3. The van der Waals surface area contributed by atoms with E-state index in [1.165, 1.54) is 5.57 Å². The number of aromatic nitrogens is 1. The number of nitrogens with zero attached hydrogens (tertiary/aromatic N) is 2. The summed E-state index contributed by atoms with van der Waals surface area (Å²) in [6.07, 6.45) is 22.1. The van der Waals surface area contributed by atoms with Gasteiger partial charge in [0.2, 0.25) is 5.72 Å². The van der Waals surface area contributed by atoms with Crippen molar-refractivity contribution in [2.45, 2.75) is 78.6 Å². The zero-order valence-corrected chi connectivity index (χ0v) is 44.2. The van der Waals surface area contributed by atoms with Gasteiger partial charge in [-0.15, -0.1) is 0 Å². The topological polar surface area (TPSA) is 89.1 Å². The molecule has 6 heteroatoms. The lowest BCUT2D eigenvalue weighted by Crippen LogP contribution is -2.58. The SMILES string of the molecule is C=C/C=C\C(=C/C)C(/C(CC)=C(C)/C=C\C)(c1cccc(N(c2cccc(-c3cc4ccccc4c4ccccc34)c2)C2(O)C(n3c4ccccc4c4ccccc43)=C(O)C(O)=C[C@H]2O)c1)[C@]1(C)C=CC=CC1.CC. The third kappa shape index (κ3) is 8.48. The van der Waals surface area contributed by atoms with Gasteiger partial charge in [-0.25, -0.2) is 0 Å². The second-order valence-corrected chi connectivity index (χ2v) is 19.4. The molecule has 6 nitrogen and oxygen atoms in total. The average molecular weight is 989 g/mol. The van der Waals surface area contributed by atoms with Crippen LogP contribution in [0.25, 0.3) is 60.2 Å². The van der Waals surface area contributed by atoms with Gasteiger partial charge in [0.25, 0.3) is 0 Å². The molecular weight excluding hydrogens is 921 g/mol. The van der Waals surface area contributed by atoms with Gasteiger partial charge in [-0.05, 0) is 126 Å². The molecule has 0 aliphatic heterocycles. The van der Waals surface area contributed by atoms with Crippen LogP contribution in [-0.2, 0) is 5.41 Å². The Kier molecular flexibility index (Phi) is 14.7. The lowest BCUT2D eigenvalue weighted by molar-refractivity contribution is -0.0108. The Morgan fingerprint density at radius 2 is 1.36 bits per heavy atom. The first kappa shape index (κ1) is 51.7. The highest BCUT2D eigenvalue weighted by molar-refractivity contribution is 6.14. The Balaban J connectivity index is 0.00000340. The summed E-state index contributed by atoms with van der Waals surface area (Å²) >= 11 is 0. The van der Waals surface area contributed by atoms with Crippen molar-refractivity contribution in [2.75, 3.05) is 4.90 Å². The summed E-state index contributed by atoms with van der Waals surface area (Å²) in [6.45, 7) is 19.0. The number of aliphatic hydroxyl groups is 4. The summed E-state index contributed by atoms with van der Waals surface area (Å²) in [5.74, 6) is -1.12. The third-order valence-electron chi connectivity index (χ3n) is 15.4. The molecule has 2 unspecified atom stereocenters. The van der Waals surface area contributed by atoms with Crippen molar-refractivity contribution in [3.63, 3.8) is 0 Å². The van der Waals surface area contributed by atoms with E-state index in [4.69, 9.17) is 0 Å². The molecule has 2 aliphatic rings. The van der Waals surface area contributed by atoms with Crippen LogP contribution < -0.4 is 4.90 Å². The Bertz CT molecular complexity index is 3690. The van der Waals surface area contributed by atoms with E-state index in [-0.39, 0.29) is 5.70 Å². The van der Waals surface area contributed by atoms with E-state index in [0.717, 1.165) is 79.1 Å². The smallest absolute Gasteiger partial charge is 0.218 e. The predicted molar refractivity (Wildman–Crippen MR) is 317 cm³/mol. The molecule has 4 N–H and O–H groups in total. The number of anilines is 2. The largest absolute Gasteiger partial charge is 0.504 e. The van der Waals surface area contributed by atoms with Gasteiger partial charge in [-0.3, -0.25) is 0 Å². The van der Waals surface area contributed by atoms with Crippen molar-refractivity contribution in [3.8, 4) is 11.1 Å². The van der Waals surface area contributed by atoms with Crippen LogP contribution in [0, 0.1) is 5.41 Å². The highest BCUT2D eigenvalue weighted by Crippen LogP contribution is 2.59. The number of para-hydroxylation sites is 2. The minimum absolute atomic E-state index is 0.107. The maximum atomic E-state index is 14.4. The minimum atomic E-state index is -2.49. The van der Waals surface area contributed by atoms with Gasteiger partial charge in [0.05, 0.1) is 16.4 Å². The average Bonchev–Trinajstić information content (AvgIpc) is 3.78. The fourth-order valence-electron chi connectivity index (χ4n) is 12.3. The highest BCUT2D eigenvalue weighted by atomic mass is 16.4. The molecule has 0 radical (unpaired) electrons. The van der Waals surface area contributed by atoms with Crippen molar-refractivity contribution in [1.29, 1.82) is 0 Å². The van der Waals surface area contributed by atoms with Crippen LogP contribution in [0.4, 0.5) is 11.4 Å². The van der Waals surface area contributed by atoms with Crippen molar-refractivity contribution in [1.82, 2.24) is 4.57 Å². The van der Waals surface area contributed by atoms with E-state index in [1.54, 1.807) is 9.47 Å². The van der Waals surface area contributed by atoms with Gasteiger partial charge >= 0.3 is 0 Å². The molecule has 75 heavy (non-hydrogen) atoms.